The summed E-state index contributed by atoms with van der Waals surface area (Å²) < 4.78 is 5.01. The number of hydrogen-bond acceptors (Lipinski definition) is 4. The molecule has 0 aliphatic heterocycles. The minimum atomic E-state index is 0.0982. The molecule has 4 nitrogen and oxygen atoms in total. The third-order valence-electron chi connectivity index (χ3n) is 2.46. The van der Waals surface area contributed by atoms with Crippen LogP contribution in [-0.4, -0.2) is 30.5 Å². The molecule has 0 aromatic heterocycles. The molecule has 0 radical (unpaired) electrons. The lowest BCUT2D eigenvalue weighted by atomic mass is 10.1. The fourth-order valence-corrected chi connectivity index (χ4v) is 1.67. The Hall–Kier alpha value is -0.970. The van der Waals surface area contributed by atoms with E-state index in [9.17, 15) is 5.11 Å². The molecule has 1 rings (SSSR count). The highest BCUT2D eigenvalue weighted by Gasteiger charge is 2.10. The van der Waals surface area contributed by atoms with E-state index in [4.69, 9.17) is 21.4 Å². The second-order valence-corrected chi connectivity index (χ2v) is 4.47. The van der Waals surface area contributed by atoms with Gasteiger partial charge in [0, 0.05) is 36.3 Å². The van der Waals surface area contributed by atoms with Crippen molar-refractivity contribution in [3.8, 4) is 11.5 Å². The maximum Gasteiger partial charge on any atom is 0.162 e. The van der Waals surface area contributed by atoms with Crippen LogP contribution in [0.5, 0.6) is 11.5 Å². The van der Waals surface area contributed by atoms with Crippen LogP contribution in [0, 0.1) is 5.92 Å². The van der Waals surface area contributed by atoms with E-state index in [0.29, 0.717) is 29.4 Å². The molecule has 1 atom stereocenters. The largest absolute Gasteiger partial charge is 0.504 e. The summed E-state index contributed by atoms with van der Waals surface area (Å²) >= 11 is 5.91. The Morgan fingerprint density at radius 3 is 2.76 bits per heavy atom. The van der Waals surface area contributed by atoms with E-state index in [1.807, 2.05) is 6.92 Å². The second kappa shape index (κ2) is 6.69. The number of aromatic hydroxyl groups is 1. The molecule has 0 aliphatic carbocycles. The van der Waals surface area contributed by atoms with Crippen molar-refractivity contribution in [1.29, 1.82) is 0 Å². The summed E-state index contributed by atoms with van der Waals surface area (Å²) in [5, 5.41) is 22.4. The van der Waals surface area contributed by atoms with Gasteiger partial charge in [-0.05, 0) is 12.0 Å². The van der Waals surface area contributed by atoms with Gasteiger partial charge in [-0.3, -0.25) is 0 Å². The van der Waals surface area contributed by atoms with E-state index in [-0.39, 0.29) is 18.3 Å². The van der Waals surface area contributed by atoms with Crippen LogP contribution in [0.1, 0.15) is 12.5 Å². The molecule has 1 aromatic rings. The molecule has 1 unspecified atom stereocenters. The summed E-state index contributed by atoms with van der Waals surface area (Å²) in [4.78, 5) is 0. The highest BCUT2D eigenvalue weighted by molar-refractivity contribution is 6.30. The number of aliphatic hydroxyl groups is 1. The molecule has 0 aliphatic rings. The Labute approximate surface area is 106 Å². The number of methoxy groups -OCH3 is 1. The molecular formula is C12H18ClNO3. The summed E-state index contributed by atoms with van der Waals surface area (Å²) in [5.41, 5.74) is 0.680. The number of rotatable bonds is 6. The van der Waals surface area contributed by atoms with Crippen molar-refractivity contribution in [3.05, 3.63) is 22.7 Å². The number of aliphatic hydroxyl groups excluding tert-OH is 1. The Kier molecular flexibility index (Phi) is 5.55. The van der Waals surface area contributed by atoms with Crippen molar-refractivity contribution in [2.24, 2.45) is 5.92 Å². The fourth-order valence-electron chi connectivity index (χ4n) is 1.44. The summed E-state index contributed by atoms with van der Waals surface area (Å²) in [6.07, 6.45) is 0. The van der Waals surface area contributed by atoms with Crippen LogP contribution >= 0.6 is 11.6 Å². The average molecular weight is 260 g/mol. The van der Waals surface area contributed by atoms with Crippen LogP contribution in [0.25, 0.3) is 0 Å². The predicted molar refractivity (Wildman–Crippen MR) is 67.6 cm³/mol. The summed E-state index contributed by atoms with van der Waals surface area (Å²) in [6, 6.07) is 3.26. The van der Waals surface area contributed by atoms with Gasteiger partial charge in [0.05, 0.1) is 7.11 Å². The Balaban J connectivity index is 2.67. The van der Waals surface area contributed by atoms with E-state index in [0.717, 1.165) is 0 Å². The Bertz CT molecular complexity index is 371. The van der Waals surface area contributed by atoms with E-state index in [1.54, 1.807) is 12.1 Å². The lowest BCUT2D eigenvalue weighted by Crippen LogP contribution is -2.22. The van der Waals surface area contributed by atoms with Crippen LogP contribution in [-0.2, 0) is 6.54 Å². The summed E-state index contributed by atoms with van der Waals surface area (Å²) in [5.74, 6) is 0.642. The maximum atomic E-state index is 9.86. The van der Waals surface area contributed by atoms with E-state index < -0.39 is 0 Å². The van der Waals surface area contributed by atoms with Crippen molar-refractivity contribution in [1.82, 2.24) is 5.32 Å². The number of benzene rings is 1. The van der Waals surface area contributed by atoms with E-state index in [2.05, 4.69) is 5.32 Å². The topological polar surface area (TPSA) is 61.7 Å². The van der Waals surface area contributed by atoms with Gasteiger partial charge in [-0.15, -0.1) is 0 Å². The number of hydrogen-bond donors (Lipinski definition) is 3. The SMILES string of the molecule is COc1cc(Cl)cc(CNCC(C)CO)c1O. The number of ether oxygens (including phenoxy) is 1. The third-order valence-corrected chi connectivity index (χ3v) is 2.68. The minimum Gasteiger partial charge on any atom is -0.504 e. The molecule has 96 valence electrons. The van der Waals surface area contributed by atoms with E-state index in [1.165, 1.54) is 7.11 Å². The molecule has 1 aromatic carbocycles. The molecule has 5 heteroatoms. The first kappa shape index (κ1) is 14.1. The van der Waals surface area contributed by atoms with Gasteiger partial charge in [-0.1, -0.05) is 18.5 Å². The van der Waals surface area contributed by atoms with Crippen LogP contribution in [0.3, 0.4) is 0 Å². The molecule has 0 spiro atoms. The van der Waals surface area contributed by atoms with Gasteiger partial charge in [0.2, 0.25) is 0 Å². The molecule has 0 amide bonds. The molecule has 0 saturated carbocycles. The molecule has 0 heterocycles. The zero-order valence-electron chi connectivity index (χ0n) is 10.0. The van der Waals surface area contributed by atoms with Crippen LogP contribution in [0.2, 0.25) is 5.02 Å². The lowest BCUT2D eigenvalue weighted by Gasteiger charge is -2.12. The van der Waals surface area contributed by atoms with E-state index >= 15 is 0 Å². The maximum absolute atomic E-state index is 9.86. The van der Waals surface area contributed by atoms with Gasteiger partial charge >= 0.3 is 0 Å². The molecule has 0 fully saturated rings. The van der Waals surface area contributed by atoms with Gasteiger partial charge in [0.15, 0.2) is 11.5 Å². The third kappa shape index (κ3) is 4.07. The second-order valence-electron chi connectivity index (χ2n) is 4.03. The quantitative estimate of drug-likeness (QED) is 0.729. The first-order chi connectivity index (χ1) is 8.08. The van der Waals surface area contributed by atoms with Crippen LogP contribution < -0.4 is 10.1 Å². The van der Waals surface area contributed by atoms with Gasteiger partial charge in [0.1, 0.15) is 0 Å². The van der Waals surface area contributed by atoms with Gasteiger partial charge < -0.3 is 20.3 Å². The first-order valence-corrected chi connectivity index (χ1v) is 5.83. The summed E-state index contributed by atoms with van der Waals surface area (Å²) in [7, 11) is 1.48. The monoisotopic (exact) mass is 259 g/mol. The van der Waals surface area contributed by atoms with Crippen molar-refractivity contribution in [3.63, 3.8) is 0 Å². The summed E-state index contributed by atoms with van der Waals surface area (Å²) in [6.45, 7) is 3.22. The zero-order chi connectivity index (χ0) is 12.8. The zero-order valence-corrected chi connectivity index (χ0v) is 10.8. The van der Waals surface area contributed by atoms with Gasteiger partial charge in [0.25, 0.3) is 0 Å². The molecule has 3 N–H and O–H groups in total. The number of nitrogens with one attached hydrogen (secondary N) is 1. The standard InChI is InChI=1S/C12H18ClNO3/c1-8(7-15)5-14-6-9-3-10(13)4-11(17-2)12(9)16/h3-4,8,14-16H,5-7H2,1-2H3. The number of phenols is 1. The first-order valence-electron chi connectivity index (χ1n) is 5.45. The molecular weight excluding hydrogens is 242 g/mol. The fraction of sp³-hybridized carbons (Fsp3) is 0.500. The smallest absolute Gasteiger partial charge is 0.162 e. The number of halogens is 1. The number of phenolic OH excluding ortho intramolecular Hbond substituents is 1. The van der Waals surface area contributed by atoms with Crippen LogP contribution in [0.15, 0.2) is 12.1 Å². The predicted octanol–water partition coefficient (Wildman–Crippen LogP) is 1.77. The van der Waals surface area contributed by atoms with Crippen LogP contribution in [0.4, 0.5) is 0 Å². The molecule has 0 bridgehead atoms. The highest BCUT2D eigenvalue weighted by Crippen LogP contribution is 2.33. The van der Waals surface area contributed by atoms with Gasteiger partial charge in [-0.2, -0.15) is 0 Å². The van der Waals surface area contributed by atoms with Crippen molar-refractivity contribution in [2.75, 3.05) is 20.3 Å². The highest BCUT2D eigenvalue weighted by atomic mass is 35.5. The van der Waals surface area contributed by atoms with Crippen molar-refractivity contribution in [2.45, 2.75) is 13.5 Å². The van der Waals surface area contributed by atoms with Crippen molar-refractivity contribution >= 4 is 11.6 Å². The van der Waals surface area contributed by atoms with Crippen molar-refractivity contribution < 1.29 is 14.9 Å². The average Bonchev–Trinajstić information content (AvgIpc) is 2.32. The Morgan fingerprint density at radius 2 is 2.18 bits per heavy atom. The lowest BCUT2D eigenvalue weighted by molar-refractivity contribution is 0.233. The van der Waals surface area contributed by atoms with Gasteiger partial charge in [-0.25, -0.2) is 0 Å². The normalized spacial score (nSPS) is 12.5. The molecule has 17 heavy (non-hydrogen) atoms. The Morgan fingerprint density at radius 1 is 1.47 bits per heavy atom. The molecule has 0 saturated heterocycles. The minimum absolute atomic E-state index is 0.0982.